The summed E-state index contributed by atoms with van der Waals surface area (Å²) in [5, 5.41) is 8.59. The molecule has 1 N–H and O–H groups in total. The van der Waals surface area contributed by atoms with Crippen LogP contribution in [-0.2, 0) is 58.5 Å². The summed E-state index contributed by atoms with van der Waals surface area (Å²) in [6.07, 6.45) is 6.12. The summed E-state index contributed by atoms with van der Waals surface area (Å²) in [6, 6.07) is 14.7. The number of hydrogen-bond acceptors (Lipinski definition) is 10. The molecule has 16 heteroatoms. The zero-order valence-electron chi connectivity index (χ0n) is 42.5. The summed E-state index contributed by atoms with van der Waals surface area (Å²) in [6.45, 7) is 17.3. The molecule has 5 heterocycles. The van der Waals surface area contributed by atoms with Crippen LogP contribution in [0.5, 0.6) is 11.5 Å². The molecule has 0 radical (unpaired) electrons. The number of piperazine rings is 1. The van der Waals surface area contributed by atoms with Gasteiger partial charge in [-0.1, -0.05) is 49.7 Å². The van der Waals surface area contributed by atoms with Gasteiger partial charge in [0.1, 0.15) is 28.8 Å². The molecule has 378 valence electrons. The molecular weight excluding hydrogens is 922 g/mol. The number of halogens is 1. The molecule has 1 aliphatic carbocycles. The average molecular weight is 991 g/mol. The van der Waals surface area contributed by atoms with Crippen molar-refractivity contribution in [2.24, 2.45) is 7.05 Å². The minimum Gasteiger partial charge on any atom is -0.493 e. The van der Waals surface area contributed by atoms with Crippen LogP contribution in [0.2, 0.25) is 5.02 Å². The normalized spacial score (nSPS) is 17.1. The second-order valence-corrected chi connectivity index (χ2v) is 20.1. The molecule has 2 fully saturated rings. The second-order valence-electron chi connectivity index (χ2n) is 19.7. The Morgan fingerprint density at radius 3 is 2.28 bits per heavy atom. The first-order valence-electron chi connectivity index (χ1n) is 25.3. The van der Waals surface area contributed by atoms with E-state index >= 15 is 0 Å². The molecule has 3 aliphatic heterocycles. The highest BCUT2D eigenvalue weighted by Crippen LogP contribution is 2.43. The number of aryl methyl sites for hydroxylation is 4. The fraction of sp³-hybridized carbons (Fsp3) is 0.491. The van der Waals surface area contributed by atoms with Crippen molar-refractivity contribution < 1.29 is 38.2 Å². The minimum absolute atomic E-state index is 0.149. The fourth-order valence-corrected chi connectivity index (χ4v) is 10.8. The summed E-state index contributed by atoms with van der Waals surface area (Å²) in [5.41, 5.74) is 8.77. The van der Waals surface area contributed by atoms with Crippen molar-refractivity contribution in [3.63, 3.8) is 0 Å². The quantitative estimate of drug-likeness (QED) is 0.0654. The first-order valence-corrected chi connectivity index (χ1v) is 25.7. The van der Waals surface area contributed by atoms with Gasteiger partial charge < -0.3 is 28.6 Å². The maximum atomic E-state index is 14.6. The monoisotopic (exact) mass is 989 g/mol. The van der Waals surface area contributed by atoms with Crippen molar-refractivity contribution in [2.75, 3.05) is 45.9 Å². The lowest BCUT2D eigenvalue weighted by molar-refractivity contribution is -0.137. The number of ether oxygens (including phenoxy) is 3. The van der Waals surface area contributed by atoms with Gasteiger partial charge in [0.25, 0.3) is 11.8 Å². The molecule has 9 rings (SSSR count). The first-order chi connectivity index (χ1) is 34.1. The smallest absolute Gasteiger partial charge is 0.355 e. The molecule has 1 unspecified atom stereocenters. The van der Waals surface area contributed by atoms with Crippen LogP contribution in [0, 0.1) is 13.8 Å². The summed E-state index contributed by atoms with van der Waals surface area (Å²) in [4.78, 5) is 71.6. The zero-order chi connectivity index (χ0) is 50.7. The van der Waals surface area contributed by atoms with E-state index in [1.165, 1.54) is 22.4 Å². The van der Waals surface area contributed by atoms with Crippen molar-refractivity contribution in [1.29, 1.82) is 0 Å². The van der Waals surface area contributed by atoms with Crippen LogP contribution < -0.4 is 14.8 Å². The van der Waals surface area contributed by atoms with Crippen molar-refractivity contribution in [1.82, 2.24) is 34.4 Å². The Balaban J connectivity index is 0.00000334. The van der Waals surface area contributed by atoms with Gasteiger partial charge in [0.2, 0.25) is 11.8 Å². The molecule has 0 saturated carbocycles. The molecular formula is C55H68ClN7O8. The number of rotatable bonds is 14. The Morgan fingerprint density at radius 1 is 0.859 bits per heavy atom. The molecule has 2 saturated heterocycles. The lowest BCUT2D eigenvalue weighted by atomic mass is 9.91. The number of esters is 1. The third-order valence-corrected chi connectivity index (χ3v) is 14.4. The van der Waals surface area contributed by atoms with Gasteiger partial charge in [-0.2, -0.15) is 5.10 Å². The summed E-state index contributed by atoms with van der Waals surface area (Å²) in [5.74, 6) is -0.348. The largest absolute Gasteiger partial charge is 0.493 e. The van der Waals surface area contributed by atoms with E-state index < -0.39 is 23.5 Å². The van der Waals surface area contributed by atoms with E-state index in [1.807, 2.05) is 72.3 Å². The van der Waals surface area contributed by atoms with Gasteiger partial charge in [-0.25, -0.2) is 4.79 Å². The zero-order valence-corrected chi connectivity index (χ0v) is 43.3. The van der Waals surface area contributed by atoms with Crippen molar-refractivity contribution in [3.8, 4) is 22.6 Å². The van der Waals surface area contributed by atoms with Crippen LogP contribution in [0.3, 0.4) is 0 Å². The number of imide groups is 1. The predicted molar refractivity (Wildman–Crippen MR) is 273 cm³/mol. The van der Waals surface area contributed by atoms with Crippen molar-refractivity contribution >= 4 is 52.1 Å². The lowest BCUT2D eigenvalue weighted by Gasteiger charge is -2.35. The Kier molecular flexibility index (Phi) is 15.6. The number of nitrogens with one attached hydrogen (secondary N) is 1. The highest BCUT2D eigenvalue weighted by atomic mass is 35.5. The van der Waals surface area contributed by atoms with Crippen LogP contribution in [0.25, 0.3) is 22.0 Å². The molecule has 1 atom stereocenters. The fourth-order valence-electron chi connectivity index (χ4n) is 10.6. The molecule has 5 aromatic rings. The Labute approximate surface area is 421 Å². The minimum atomic E-state index is -0.750. The van der Waals surface area contributed by atoms with Gasteiger partial charge in [0, 0.05) is 86.1 Å². The summed E-state index contributed by atoms with van der Waals surface area (Å²) in [7, 11) is 1.92. The van der Waals surface area contributed by atoms with Gasteiger partial charge in [-0.05, 0) is 121 Å². The van der Waals surface area contributed by atoms with E-state index in [0.717, 1.165) is 64.0 Å². The Hall–Kier alpha value is -6.19. The molecule has 71 heavy (non-hydrogen) atoms. The molecule has 0 bridgehead atoms. The van der Waals surface area contributed by atoms with E-state index in [4.69, 9.17) is 30.9 Å². The third-order valence-electron chi connectivity index (χ3n) is 14.1. The number of piperidine rings is 1. The maximum absolute atomic E-state index is 14.6. The lowest BCUT2D eigenvalue weighted by Crippen LogP contribution is -2.52. The van der Waals surface area contributed by atoms with E-state index in [-0.39, 0.29) is 43.7 Å². The van der Waals surface area contributed by atoms with Gasteiger partial charge in [-0.3, -0.25) is 34.1 Å². The molecule has 3 aromatic carbocycles. The van der Waals surface area contributed by atoms with Crippen molar-refractivity contribution in [3.05, 3.63) is 98.5 Å². The molecule has 4 aliphatic rings. The number of fused-ring (bicyclic) bond motifs is 3. The predicted octanol–water partition coefficient (Wildman–Crippen LogP) is 8.17. The first kappa shape index (κ1) is 51.2. The topological polar surface area (TPSA) is 158 Å². The van der Waals surface area contributed by atoms with Crippen LogP contribution in [0.4, 0.5) is 0 Å². The van der Waals surface area contributed by atoms with E-state index in [0.29, 0.717) is 86.3 Å². The summed E-state index contributed by atoms with van der Waals surface area (Å²) < 4.78 is 22.7. The highest BCUT2D eigenvalue weighted by Gasteiger charge is 2.40. The average Bonchev–Trinajstić information content (AvgIpc) is 3.95. The summed E-state index contributed by atoms with van der Waals surface area (Å²) >= 11 is 7.22. The molecule has 2 aromatic heterocycles. The molecule has 0 spiro atoms. The van der Waals surface area contributed by atoms with Crippen LogP contribution in [0.1, 0.15) is 121 Å². The molecule has 4 amide bonds. The standard InChI is InChI=1S/C53H62ClN7O8.C2H6/c1-32-46(33(2)57(6)56-32)47-40(54)20-19-37-36(16-11-29-67-42-17-9-13-34-12-7-8-14-35(34)42)49(52(66)69-53(3,4)5)60(48(37)47)28-25-58-23-26-59(27-24-58)45(63)31-68-43-18-10-15-38-39(43)30-61(51(38)65)41-21-22-44(62)55-50(41)64;1-2/h9-10,13,15,17-20,41H,7-8,11-12,14,16,21-31H2,1-6H3,(H,55,62,64);1-2H3. The van der Waals surface area contributed by atoms with E-state index in [9.17, 15) is 24.0 Å². The number of nitrogens with zero attached hydrogens (tertiary/aromatic N) is 6. The molecule has 15 nitrogen and oxygen atoms in total. The van der Waals surface area contributed by atoms with Crippen LogP contribution in [-0.4, -0.2) is 116 Å². The Bertz CT molecular complexity index is 2850. The maximum Gasteiger partial charge on any atom is 0.355 e. The van der Waals surface area contributed by atoms with Crippen molar-refractivity contribution in [2.45, 2.75) is 125 Å². The van der Waals surface area contributed by atoms with E-state index in [2.05, 4.69) is 33.0 Å². The number of hydrogen-bond donors (Lipinski definition) is 1. The van der Waals surface area contributed by atoms with Gasteiger partial charge in [0.15, 0.2) is 6.61 Å². The number of benzene rings is 3. The third kappa shape index (κ3) is 10.7. The second kappa shape index (κ2) is 21.7. The number of carbonyl (C=O) groups is 5. The van der Waals surface area contributed by atoms with Gasteiger partial charge in [-0.15, -0.1) is 0 Å². The SMILES string of the molecule is CC.Cc1nn(C)c(C)c1-c1c(Cl)ccc2c(CCCOc3cccc4c3CCCC4)c(C(=O)OC(C)(C)C)n(CCN3CCN(C(=O)COc4cccc5c4CN(C4CCC(=O)NC4=O)C5=O)CC3)c12. The number of carbonyl (C=O) groups excluding carboxylic acids is 5. The highest BCUT2D eigenvalue weighted by molar-refractivity contribution is 6.35. The number of amides is 4. The van der Waals surface area contributed by atoms with Gasteiger partial charge in [0.05, 0.1) is 29.4 Å². The van der Waals surface area contributed by atoms with Crippen LogP contribution in [0.15, 0.2) is 48.5 Å². The number of aromatic nitrogens is 3. The van der Waals surface area contributed by atoms with Gasteiger partial charge >= 0.3 is 5.97 Å². The van der Waals surface area contributed by atoms with E-state index in [1.54, 1.807) is 23.1 Å². The Morgan fingerprint density at radius 2 is 1.58 bits per heavy atom. The van der Waals surface area contributed by atoms with Crippen LogP contribution >= 0.6 is 11.6 Å².